The van der Waals surface area contributed by atoms with Gasteiger partial charge in [0, 0.05) is 19.2 Å². The number of fused-ring (bicyclic) bond motifs is 1. The summed E-state index contributed by atoms with van der Waals surface area (Å²) in [7, 11) is 1.50. The monoisotopic (exact) mass is 327 g/mol. The van der Waals surface area contributed by atoms with Crippen molar-refractivity contribution < 1.29 is 19.4 Å². The van der Waals surface area contributed by atoms with Gasteiger partial charge in [0.1, 0.15) is 13.2 Å². The van der Waals surface area contributed by atoms with Gasteiger partial charge < -0.3 is 19.5 Å². The van der Waals surface area contributed by atoms with Gasteiger partial charge in [-0.1, -0.05) is 29.8 Å². The molecular formula is C19H21NO4. The molecule has 5 heteroatoms. The normalized spacial score (nSPS) is 13.8. The van der Waals surface area contributed by atoms with Crippen molar-refractivity contribution in [2.75, 3.05) is 26.9 Å². The van der Waals surface area contributed by atoms with Crippen LogP contribution < -0.4 is 4.74 Å². The third-order valence-electron chi connectivity index (χ3n) is 4.12. The largest absolute Gasteiger partial charge is 0.504 e. The van der Waals surface area contributed by atoms with Crippen LogP contribution in [0.1, 0.15) is 11.1 Å². The van der Waals surface area contributed by atoms with Gasteiger partial charge in [-0.15, -0.1) is 0 Å². The Morgan fingerprint density at radius 2 is 2.00 bits per heavy atom. The first kappa shape index (κ1) is 16.3. The van der Waals surface area contributed by atoms with Crippen molar-refractivity contribution >= 4 is 5.91 Å². The molecule has 126 valence electrons. The second kappa shape index (κ2) is 6.93. The molecule has 0 saturated heterocycles. The Bertz CT molecular complexity index is 740. The van der Waals surface area contributed by atoms with Gasteiger partial charge >= 0.3 is 0 Å². The number of phenols is 1. The first-order valence-corrected chi connectivity index (χ1v) is 7.91. The van der Waals surface area contributed by atoms with Crippen molar-refractivity contribution in [3.05, 3.63) is 47.5 Å². The molecule has 1 aliphatic rings. The predicted octanol–water partition coefficient (Wildman–Crippen LogP) is 2.74. The van der Waals surface area contributed by atoms with E-state index in [1.807, 2.05) is 37.3 Å². The molecule has 1 heterocycles. The molecule has 0 atom stereocenters. The highest BCUT2D eigenvalue weighted by molar-refractivity contribution is 5.78. The Labute approximate surface area is 141 Å². The molecule has 2 aromatic carbocycles. The Morgan fingerprint density at radius 1 is 1.25 bits per heavy atom. The summed E-state index contributed by atoms with van der Waals surface area (Å²) in [5, 5.41) is 10.4. The van der Waals surface area contributed by atoms with Crippen LogP contribution in [0.3, 0.4) is 0 Å². The number of ether oxygens (including phenoxy) is 2. The fourth-order valence-electron chi connectivity index (χ4n) is 2.84. The maximum atomic E-state index is 12.1. The molecule has 0 fully saturated rings. The van der Waals surface area contributed by atoms with Gasteiger partial charge in [0.2, 0.25) is 5.91 Å². The highest BCUT2D eigenvalue weighted by Crippen LogP contribution is 2.37. The van der Waals surface area contributed by atoms with E-state index in [1.165, 1.54) is 12.7 Å². The Balaban J connectivity index is 1.96. The third-order valence-corrected chi connectivity index (χ3v) is 4.12. The fraction of sp³-hybridized carbons (Fsp3) is 0.316. The van der Waals surface area contributed by atoms with Gasteiger partial charge in [-0.2, -0.15) is 0 Å². The summed E-state index contributed by atoms with van der Waals surface area (Å²) in [5.41, 5.74) is 3.89. The molecule has 0 spiro atoms. The van der Waals surface area contributed by atoms with Gasteiger partial charge in [-0.05, 0) is 30.2 Å². The summed E-state index contributed by atoms with van der Waals surface area (Å²) in [6.45, 7) is 3.28. The summed E-state index contributed by atoms with van der Waals surface area (Å²) in [6.07, 6.45) is 0. The minimum Gasteiger partial charge on any atom is -0.504 e. The molecule has 0 unspecified atom stereocenters. The van der Waals surface area contributed by atoms with Crippen LogP contribution in [0.25, 0.3) is 11.1 Å². The van der Waals surface area contributed by atoms with E-state index in [-0.39, 0.29) is 18.3 Å². The van der Waals surface area contributed by atoms with E-state index in [9.17, 15) is 9.90 Å². The van der Waals surface area contributed by atoms with Crippen molar-refractivity contribution in [3.63, 3.8) is 0 Å². The highest BCUT2D eigenvalue weighted by Gasteiger charge is 2.22. The molecule has 0 aromatic heterocycles. The number of aryl methyl sites for hydroxylation is 1. The van der Waals surface area contributed by atoms with E-state index in [0.717, 1.165) is 16.7 Å². The molecule has 0 radical (unpaired) electrons. The lowest BCUT2D eigenvalue weighted by Crippen LogP contribution is -2.34. The number of aromatic hydroxyl groups is 1. The number of rotatable bonds is 3. The molecular weight excluding hydrogens is 306 g/mol. The molecule has 24 heavy (non-hydrogen) atoms. The van der Waals surface area contributed by atoms with Crippen LogP contribution in [0.4, 0.5) is 0 Å². The lowest BCUT2D eigenvalue weighted by atomic mass is 10.0. The first-order chi connectivity index (χ1) is 11.6. The van der Waals surface area contributed by atoms with Crippen molar-refractivity contribution in [2.45, 2.75) is 13.5 Å². The summed E-state index contributed by atoms with van der Waals surface area (Å²) < 4.78 is 10.6. The van der Waals surface area contributed by atoms with Crippen LogP contribution in [0.2, 0.25) is 0 Å². The van der Waals surface area contributed by atoms with E-state index in [2.05, 4.69) is 0 Å². The number of hydrogen-bond donors (Lipinski definition) is 1. The quantitative estimate of drug-likeness (QED) is 0.942. The van der Waals surface area contributed by atoms with Crippen molar-refractivity contribution in [3.8, 4) is 22.6 Å². The highest BCUT2D eigenvalue weighted by atomic mass is 16.5. The van der Waals surface area contributed by atoms with Crippen molar-refractivity contribution in [2.24, 2.45) is 0 Å². The predicted molar refractivity (Wildman–Crippen MR) is 91.1 cm³/mol. The van der Waals surface area contributed by atoms with Gasteiger partial charge in [0.05, 0.1) is 6.54 Å². The van der Waals surface area contributed by atoms with E-state index in [4.69, 9.17) is 9.47 Å². The van der Waals surface area contributed by atoms with E-state index < -0.39 is 0 Å². The smallest absolute Gasteiger partial charge is 0.248 e. The second-order valence-corrected chi connectivity index (χ2v) is 5.95. The number of carbonyl (C=O) groups excluding carboxylic acids is 1. The summed E-state index contributed by atoms with van der Waals surface area (Å²) in [5.74, 6) is 0.469. The third kappa shape index (κ3) is 3.36. The number of amides is 1. The number of methoxy groups -OCH3 is 1. The van der Waals surface area contributed by atoms with Crippen LogP contribution in [0.5, 0.6) is 11.5 Å². The molecule has 5 nitrogen and oxygen atoms in total. The number of carbonyl (C=O) groups is 1. The SMILES string of the molecule is COCC(=O)N1CCOc2c(O)cc(-c3ccc(C)cc3)cc2C1. The summed E-state index contributed by atoms with van der Waals surface area (Å²) in [6, 6.07) is 11.8. The summed E-state index contributed by atoms with van der Waals surface area (Å²) in [4.78, 5) is 13.8. The Morgan fingerprint density at radius 3 is 2.71 bits per heavy atom. The van der Waals surface area contributed by atoms with Gasteiger partial charge in [0.15, 0.2) is 11.5 Å². The number of phenolic OH excluding ortho intramolecular Hbond substituents is 1. The zero-order valence-corrected chi connectivity index (χ0v) is 13.9. The van der Waals surface area contributed by atoms with E-state index in [1.54, 1.807) is 11.0 Å². The first-order valence-electron chi connectivity index (χ1n) is 7.91. The Hall–Kier alpha value is -2.53. The zero-order valence-electron chi connectivity index (χ0n) is 13.9. The molecule has 1 N–H and O–H groups in total. The van der Waals surface area contributed by atoms with Crippen molar-refractivity contribution in [1.29, 1.82) is 0 Å². The minimum absolute atomic E-state index is 0.0406. The Kier molecular flexibility index (Phi) is 4.71. The van der Waals surface area contributed by atoms with Gasteiger partial charge in [-0.3, -0.25) is 4.79 Å². The van der Waals surface area contributed by atoms with Crippen LogP contribution >= 0.6 is 0 Å². The number of nitrogens with zero attached hydrogens (tertiary/aromatic N) is 1. The average molecular weight is 327 g/mol. The molecule has 0 saturated carbocycles. The molecule has 1 amide bonds. The van der Waals surface area contributed by atoms with E-state index >= 15 is 0 Å². The van der Waals surface area contributed by atoms with Crippen LogP contribution in [0, 0.1) is 6.92 Å². The van der Waals surface area contributed by atoms with Crippen LogP contribution in [-0.4, -0.2) is 42.8 Å². The zero-order chi connectivity index (χ0) is 17.1. The second-order valence-electron chi connectivity index (χ2n) is 5.95. The molecule has 0 aliphatic carbocycles. The number of hydrogen-bond acceptors (Lipinski definition) is 4. The van der Waals surface area contributed by atoms with E-state index in [0.29, 0.717) is 25.4 Å². The van der Waals surface area contributed by atoms with Crippen LogP contribution in [-0.2, 0) is 16.1 Å². The maximum Gasteiger partial charge on any atom is 0.248 e. The number of benzene rings is 2. The van der Waals surface area contributed by atoms with Crippen molar-refractivity contribution in [1.82, 2.24) is 4.90 Å². The molecule has 3 rings (SSSR count). The standard InChI is InChI=1S/C19H21NO4/c1-13-3-5-14(6-4-13)15-9-16-11-20(18(22)12-23-2)7-8-24-19(16)17(21)10-15/h3-6,9-10,21H,7-8,11-12H2,1-2H3. The summed E-state index contributed by atoms with van der Waals surface area (Å²) >= 11 is 0. The minimum atomic E-state index is -0.0887. The molecule has 1 aliphatic heterocycles. The average Bonchev–Trinajstić information content (AvgIpc) is 2.78. The maximum absolute atomic E-state index is 12.1. The van der Waals surface area contributed by atoms with Crippen LogP contribution in [0.15, 0.2) is 36.4 Å². The topological polar surface area (TPSA) is 59.0 Å². The molecule has 0 bridgehead atoms. The lowest BCUT2D eigenvalue weighted by Gasteiger charge is -2.19. The lowest BCUT2D eigenvalue weighted by molar-refractivity contribution is -0.135. The molecule has 2 aromatic rings. The van der Waals surface area contributed by atoms with Gasteiger partial charge in [-0.25, -0.2) is 0 Å². The van der Waals surface area contributed by atoms with Gasteiger partial charge in [0.25, 0.3) is 0 Å². The fourth-order valence-corrected chi connectivity index (χ4v) is 2.84.